The Morgan fingerprint density at radius 2 is 1.59 bits per heavy atom. The number of ether oxygens (including phenoxy) is 2. The number of likely N-dealkylation sites (tertiary alicyclic amines) is 1. The van der Waals surface area contributed by atoms with Gasteiger partial charge in [-0.05, 0) is 43.2 Å². The molecule has 1 heterocycles. The molecule has 56 heavy (non-hydrogen) atoms. The van der Waals surface area contributed by atoms with Crippen LogP contribution >= 0.6 is 0 Å². The lowest BCUT2D eigenvalue weighted by Gasteiger charge is -2.41. The number of methoxy groups -OCH3 is 2. The van der Waals surface area contributed by atoms with Crippen LogP contribution in [0.15, 0.2) is 30.3 Å². The third-order valence-electron chi connectivity index (χ3n) is 11.3. The van der Waals surface area contributed by atoms with Crippen molar-refractivity contribution in [3.05, 3.63) is 35.9 Å². The van der Waals surface area contributed by atoms with Crippen LogP contribution in [-0.2, 0) is 44.7 Å². The highest BCUT2D eigenvalue weighted by atomic mass is 16.6. The minimum atomic E-state index is -1.14. The smallest absolute Gasteiger partial charge is 0.326 e. The zero-order valence-electron chi connectivity index (χ0n) is 35.5. The van der Waals surface area contributed by atoms with Gasteiger partial charge in [0.2, 0.25) is 23.6 Å². The second-order valence-electron chi connectivity index (χ2n) is 15.9. The van der Waals surface area contributed by atoms with Crippen LogP contribution in [0.2, 0.25) is 0 Å². The van der Waals surface area contributed by atoms with Crippen LogP contribution in [0.4, 0.5) is 0 Å². The summed E-state index contributed by atoms with van der Waals surface area (Å²) in [5.74, 6) is 1.72. The number of amides is 4. The summed E-state index contributed by atoms with van der Waals surface area (Å²) in [5.41, 5.74) is 0.779. The van der Waals surface area contributed by atoms with Crippen LogP contribution in [0.25, 0.3) is 0 Å². The Kier molecular flexibility index (Phi) is 20.4. The summed E-state index contributed by atoms with van der Waals surface area (Å²) in [6.07, 6.45) is 0.705. The van der Waals surface area contributed by atoms with E-state index in [0.29, 0.717) is 32.4 Å². The molecule has 1 aliphatic heterocycles. The Balaban J connectivity index is 2.28. The van der Waals surface area contributed by atoms with E-state index in [9.17, 15) is 29.1 Å². The van der Waals surface area contributed by atoms with Gasteiger partial charge in [0.05, 0.1) is 49.3 Å². The third kappa shape index (κ3) is 13.2. The average molecular weight is 791 g/mol. The van der Waals surface area contributed by atoms with Gasteiger partial charge in [-0.15, -0.1) is 0 Å². The zero-order chi connectivity index (χ0) is 42.3. The maximum absolute atomic E-state index is 14.3. The first-order chi connectivity index (χ1) is 26.4. The topological polar surface area (TPSA) is 193 Å². The standard InChI is InChI=1S/C41H70N6O9/c1-12-27(6)36(46(9)40(51)34(25(2)3)44-39(50)35(26(4)5)45(8)21-22-56-42)32(54-10)24-33(48)47-20-16-19-31(47)37(55-11)28(7)38(49)43-30(41(52)53)23-29-17-14-13-15-18-29/h13-15,17-18,25-28,30-32,34-37H,12,16,19-24,42H2,1-11H3,(H,43,49)(H,44,50)(H,52,53)/t27-,28+,30-,31-,32+,34-,35-,36?,37+/m0/s1. The fourth-order valence-corrected chi connectivity index (χ4v) is 7.98. The van der Waals surface area contributed by atoms with Gasteiger partial charge in [-0.2, -0.15) is 0 Å². The molecule has 9 atom stereocenters. The molecular weight excluding hydrogens is 720 g/mol. The number of benzene rings is 1. The summed E-state index contributed by atoms with van der Waals surface area (Å²) in [5, 5.41) is 15.6. The molecule has 15 heteroatoms. The van der Waals surface area contributed by atoms with Gasteiger partial charge < -0.3 is 39.9 Å². The molecule has 1 fully saturated rings. The van der Waals surface area contributed by atoms with Crippen molar-refractivity contribution in [2.24, 2.45) is 29.6 Å². The Hall–Kier alpha value is -3.63. The van der Waals surface area contributed by atoms with Crippen molar-refractivity contribution >= 4 is 29.6 Å². The van der Waals surface area contributed by atoms with Crippen molar-refractivity contribution in [1.29, 1.82) is 0 Å². The predicted octanol–water partition coefficient (Wildman–Crippen LogP) is 2.71. The maximum Gasteiger partial charge on any atom is 0.326 e. The largest absolute Gasteiger partial charge is 0.480 e. The van der Waals surface area contributed by atoms with E-state index in [4.69, 9.17) is 20.2 Å². The van der Waals surface area contributed by atoms with Crippen LogP contribution in [0.5, 0.6) is 0 Å². The van der Waals surface area contributed by atoms with Crippen LogP contribution in [-0.4, -0.2) is 140 Å². The van der Waals surface area contributed by atoms with E-state index in [-0.39, 0.29) is 54.9 Å². The normalized spacial score (nSPS) is 18.8. The van der Waals surface area contributed by atoms with Crippen LogP contribution in [0, 0.1) is 23.7 Å². The molecule has 0 saturated carbocycles. The van der Waals surface area contributed by atoms with Gasteiger partial charge in [-0.3, -0.25) is 24.1 Å². The van der Waals surface area contributed by atoms with E-state index in [2.05, 4.69) is 10.6 Å². The summed E-state index contributed by atoms with van der Waals surface area (Å²) in [6.45, 7) is 14.5. The molecule has 1 aliphatic rings. The number of aliphatic carboxylic acids is 1. The first kappa shape index (κ1) is 48.5. The monoisotopic (exact) mass is 791 g/mol. The van der Waals surface area contributed by atoms with E-state index in [0.717, 1.165) is 5.56 Å². The van der Waals surface area contributed by atoms with Crippen LogP contribution in [0.1, 0.15) is 79.7 Å². The molecule has 0 aliphatic carbocycles. The number of rotatable bonds is 24. The number of nitrogens with two attached hydrogens (primary N) is 1. The van der Waals surface area contributed by atoms with Gasteiger partial charge in [-0.25, -0.2) is 10.7 Å². The highest BCUT2D eigenvalue weighted by Crippen LogP contribution is 2.30. The minimum Gasteiger partial charge on any atom is -0.480 e. The van der Waals surface area contributed by atoms with E-state index in [1.165, 1.54) is 14.2 Å². The fourth-order valence-electron chi connectivity index (χ4n) is 7.98. The summed E-state index contributed by atoms with van der Waals surface area (Å²) >= 11 is 0. The van der Waals surface area contributed by atoms with Gasteiger partial charge in [0.15, 0.2) is 0 Å². The van der Waals surface area contributed by atoms with Crippen molar-refractivity contribution in [3.63, 3.8) is 0 Å². The van der Waals surface area contributed by atoms with E-state index < -0.39 is 60.2 Å². The second-order valence-corrected chi connectivity index (χ2v) is 15.9. The highest BCUT2D eigenvalue weighted by Gasteiger charge is 2.43. The molecule has 4 amide bonds. The quantitative estimate of drug-likeness (QED) is 0.113. The Labute approximate surface area is 334 Å². The van der Waals surface area contributed by atoms with Gasteiger partial charge in [0.25, 0.3) is 0 Å². The first-order valence-electron chi connectivity index (χ1n) is 20.0. The molecule has 0 spiro atoms. The summed E-state index contributed by atoms with van der Waals surface area (Å²) in [6, 6.07) is 5.65. The molecule has 318 valence electrons. The van der Waals surface area contributed by atoms with E-state index in [1.807, 2.05) is 83.8 Å². The maximum atomic E-state index is 14.3. The second kappa shape index (κ2) is 23.6. The summed E-state index contributed by atoms with van der Waals surface area (Å²) < 4.78 is 11.9. The number of carboxylic acids is 1. The number of carbonyl (C=O) groups is 5. The number of hydrogen-bond donors (Lipinski definition) is 4. The zero-order valence-corrected chi connectivity index (χ0v) is 35.5. The molecular formula is C41H70N6O9. The number of hydrogen-bond acceptors (Lipinski definition) is 10. The summed E-state index contributed by atoms with van der Waals surface area (Å²) in [4.78, 5) is 77.8. The molecule has 1 aromatic carbocycles. The van der Waals surface area contributed by atoms with Crippen molar-refractivity contribution in [1.82, 2.24) is 25.3 Å². The number of nitrogens with zero attached hydrogens (tertiary/aromatic N) is 3. The average Bonchev–Trinajstić information content (AvgIpc) is 3.65. The molecule has 0 aromatic heterocycles. The lowest BCUT2D eigenvalue weighted by molar-refractivity contribution is -0.148. The predicted molar refractivity (Wildman–Crippen MR) is 214 cm³/mol. The number of likely N-dealkylation sites (N-methyl/N-ethyl adjacent to an activating group) is 2. The van der Waals surface area contributed by atoms with Crippen molar-refractivity contribution in [2.75, 3.05) is 48.0 Å². The van der Waals surface area contributed by atoms with E-state index in [1.54, 1.807) is 23.8 Å². The molecule has 1 aromatic rings. The molecule has 15 nitrogen and oxygen atoms in total. The SMILES string of the molecule is CC[C@H](C)C([C@@H](CC(=O)N1CCC[C@H]1[C@H](OC)[C@@H](C)C(=O)N[C@@H](Cc1ccccc1)C(=O)O)OC)N(C)C(=O)[C@@H](NC(=O)[C@H](C(C)C)N(C)CCON)C(C)C. The molecule has 1 saturated heterocycles. The molecule has 0 bridgehead atoms. The minimum absolute atomic E-state index is 0.0308. The first-order valence-corrected chi connectivity index (χ1v) is 20.0. The Bertz CT molecular complexity index is 1400. The molecule has 5 N–H and O–H groups in total. The number of carboxylic acid groups (broad SMARTS) is 1. The van der Waals surface area contributed by atoms with Gasteiger partial charge in [-0.1, -0.05) is 85.2 Å². The van der Waals surface area contributed by atoms with Gasteiger partial charge >= 0.3 is 5.97 Å². The molecule has 1 unspecified atom stereocenters. The summed E-state index contributed by atoms with van der Waals surface area (Å²) in [7, 11) is 6.54. The van der Waals surface area contributed by atoms with E-state index >= 15 is 0 Å². The molecule has 2 rings (SSSR count). The third-order valence-corrected chi connectivity index (χ3v) is 11.3. The van der Waals surface area contributed by atoms with Crippen LogP contribution in [0.3, 0.4) is 0 Å². The molecule has 0 radical (unpaired) electrons. The fraction of sp³-hybridized carbons (Fsp3) is 0.732. The Morgan fingerprint density at radius 3 is 2.11 bits per heavy atom. The number of carbonyl (C=O) groups excluding carboxylic acids is 4. The van der Waals surface area contributed by atoms with Crippen molar-refractivity contribution in [2.45, 2.75) is 123 Å². The lowest BCUT2D eigenvalue weighted by Crippen LogP contribution is -2.60. The van der Waals surface area contributed by atoms with Crippen molar-refractivity contribution < 1.29 is 43.4 Å². The van der Waals surface area contributed by atoms with Gasteiger partial charge in [0.1, 0.15) is 12.1 Å². The lowest BCUT2D eigenvalue weighted by atomic mass is 9.89. The number of nitrogens with one attached hydrogen (secondary N) is 2. The van der Waals surface area contributed by atoms with Crippen LogP contribution < -0.4 is 16.5 Å². The Morgan fingerprint density at radius 1 is 0.946 bits per heavy atom. The van der Waals surface area contributed by atoms with Crippen molar-refractivity contribution in [3.8, 4) is 0 Å². The van der Waals surface area contributed by atoms with Gasteiger partial charge in [0, 0.05) is 40.8 Å². The highest BCUT2D eigenvalue weighted by molar-refractivity contribution is 5.90.